The van der Waals surface area contributed by atoms with Crippen LogP contribution in [0.1, 0.15) is 36.1 Å². The van der Waals surface area contributed by atoms with Crippen molar-refractivity contribution < 1.29 is 9.59 Å². The maximum absolute atomic E-state index is 13.4. The van der Waals surface area contributed by atoms with E-state index >= 15 is 0 Å². The highest BCUT2D eigenvalue weighted by Gasteiger charge is 2.42. The summed E-state index contributed by atoms with van der Waals surface area (Å²) in [6.45, 7) is 1.99. The van der Waals surface area contributed by atoms with E-state index in [2.05, 4.69) is 23.5 Å². The molecule has 152 valence electrons. The fraction of sp³-hybridized carbons (Fsp3) is 0.280. The molecule has 0 aliphatic carbocycles. The molecule has 3 N–H and O–H groups in total. The maximum Gasteiger partial charge on any atom is 0.244 e. The van der Waals surface area contributed by atoms with Crippen LogP contribution in [0.4, 0.5) is 5.69 Å². The number of rotatable bonds is 3. The molecular weight excluding hydrogens is 374 g/mol. The molecule has 5 rings (SSSR count). The van der Waals surface area contributed by atoms with Crippen molar-refractivity contribution >= 4 is 28.3 Å². The number of hydrogen-bond acceptors (Lipinski definition) is 3. The molecule has 0 fully saturated rings. The highest BCUT2D eigenvalue weighted by molar-refractivity contribution is 6.07. The molecule has 30 heavy (non-hydrogen) atoms. The average molecular weight is 399 g/mol. The molecule has 2 heterocycles. The van der Waals surface area contributed by atoms with Gasteiger partial charge in [-0.25, -0.2) is 0 Å². The van der Waals surface area contributed by atoms with Crippen LogP contribution in [-0.2, 0) is 22.4 Å². The molecule has 3 aromatic rings. The maximum atomic E-state index is 13.4. The Kier molecular flexibility index (Phi) is 4.55. The summed E-state index contributed by atoms with van der Waals surface area (Å²) in [4.78, 5) is 28.1. The van der Waals surface area contributed by atoms with Gasteiger partial charge in [0, 0.05) is 6.42 Å². The van der Waals surface area contributed by atoms with E-state index in [4.69, 9.17) is 5.73 Å². The van der Waals surface area contributed by atoms with Crippen molar-refractivity contribution in [2.45, 2.75) is 44.3 Å². The van der Waals surface area contributed by atoms with Gasteiger partial charge in [-0.05, 0) is 47.2 Å². The quantitative estimate of drug-likeness (QED) is 0.710. The average Bonchev–Trinajstić information content (AvgIpc) is 3.11. The number of fused-ring (bicyclic) bond motifs is 1. The van der Waals surface area contributed by atoms with Crippen molar-refractivity contribution in [2.24, 2.45) is 5.73 Å². The predicted octanol–water partition coefficient (Wildman–Crippen LogP) is 3.25. The van der Waals surface area contributed by atoms with Crippen LogP contribution in [0.5, 0.6) is 0 Å². The molecule has 0 radical (unpaired) electrons. The monoisotopic (exact) mass is 399 g/mol. The zero-order chi connectivity index (χ0) is 20.8. The molecule has 2 aliphatic rings. The second-order valence-electron chi connectivity index (χ2n) is 8.30. The number of amides is 2. The van der Waals surface area contributed by atoms with Crippen molar-refractivity contribution in [1.82, 2.24) is 5.32 Å². The number of aryl methyl sites for hydroxylation is 1. The summed E-state index contributed by atoms with van der Waals surface area (Å²) in [5.41, 5.74) is 10.3. The zero-order valence-electron chi connectivity index (χ0n) is 17.0. The minimum atomic E-state index is -0.575. The Bertz CT molecular complexity index is 1150. The number of benzene rings is 3. The number of anilines is 1. The lowest BCUT2D eigenvalue weighted by molar-refractivity contribution is -0.127. The van der Waals surface area contributed by atoms with Gasteiger partial charge in [-0.15, -0.1) is 0 Å². The Hall–Kier alpha value is -3.18. The van der Waals surface area contributed by atoms with Gasteiger partial charge in [-0.2, -0.15) is 0 Å². The van der Waals surface area contributed by atoms with Crippen LogP contribution >= 0.6 is 0 Å². The normalized spacial score (nSPS) is 21.3. The third-order valence-corrected chi connectivity index (χ3v) is 6.40. The summed E-state index contributed by atoms with van der Waals surface area (Å²) in [7, 11) is 0. The third-order valence-electron chi connectivity index (χ3n) is 6.40. The number of hydrogen-bond donors (Lipinski definition) is 2. The summed E-state index contributed by atoms with van der Waals surface area (Å²) in [6.07, 6.45) is 1.88. The van der Waals surface area contributed by atoms with Crippen LogP contribution in [0.3, 0.4) is 0 Å². The van der Waals surface area contributed by atoms with Crippen LogP contribution in [0.15, 0.2) is 60.7 Å². The van der Waals surface area contributed by atoms with Gasteiger partial charge in [0.1, 0.15) is 6.04 Å². The largest absolute Gasteiger partial charge is 0.348 e. The Morgan fingerprint density at radius 2 is 1.80 bits per heavy atom. The molecule has 3 atom stereocenters. The standard InChI is InChI=1S/C25H25N3O2/c1-15(19-11-5-7-16-6-2-3-10-20(16)19)27-24(29)22-14-18-9-4-8-17-12-13-21(26)25(30)28(22)23(17)18/h2-11,15,21-22H,12-14,26H2,1H3,(H,27,29). The van der Waals surface area contributed by atoms with Crippen LogP contribution in [0.2, 0.25) is 0 Å². The van der Waals surface area contributed by atoms with Gasteiger partial charge < -0.3 is 11.1 Å². The van der Waals surface area contributed by atoms with Crippen molar-refractivity contribution in [3.8, 4) is 0 Å². The summed E-state index contributed by atoms with van der Waals surface area (Å²) >= 11 is 0. The van der Waals surface area contributed by atoms with Gasteiger partial charge in [-0.3, -0.25) is 14.5 Å². The Morgan fingerprint density at radius 3 is 2.67 bits per heavy atom. The van der Waals surface area contributed by atoms with Gasteiger partial charge in [0.15, 0.2) is 0 Å². The topological polar surface area (TPSA) is 75.4 Å². The summed E-state index contributed by atoms with van der Waals surface area (Å²) < 4.78 is 0. The number of nitrogens with one attached hydrogen (secondary N) is 1. The summed E-state index contributed by atoms with van der Waals surface area (Å²) in [5.74, 6) is -0.295. The van der Waals surface area contributed by atoms with Gasteiger partial charge >= 0.3 is 0 Å². The number of nitrogens with two attached hydrogens (primary N) is 1. The Morgan fingerprint density at radius 1 is 1.07 bits per heavy atom. The highest BCUT2D eigenvalue weighted by Crippen LogP contribution is 2.39. The van der Waals surface area contributed by atoms with E-state index in [9.17, 15) is 9.59 Å². The van der Waals surface area contributed by atoms with E-state index in [0.29, 0.717) is 12.8 Å². The molecule has 5 heteroatoms. The smallest absolute Gasteiger partial charge is 0.244 e. The van der Waals surface area contributed by atoms with Crippen molar-refractivity contribution in [1.29, 1.82) is 0 Å². The van der Waals surface area contributed by atoms with Gasteiger partial charge in [0.25, 0.3) is 0 Å². The first kappa shape index (κ1) is 18.8. The second kappa shape index (κ2) is 7.26. The fourth-order valence-corrected chi connectivity index (χ4v) is 4.88. The lowest BCUT2D eigenvalue weighted by Crippen LogP contribution is -2.52. The first-order valence-corrected chi connectivity index (χ1v) is 10.5. The van der Waals surface area contributed by atoms with E-state index in [1.807, 2.05) is 49.4 Å². The fourth-order valence-electron chi connectivity index (χ4n) is 4.88. The molecule has 0 aromatic heterocycles. The van der Waals surface area contributed by atoms with Crippen molar-refractivity contribution in [3.63, 3.8) is 0 Å². The predicted molar refractivity (Wildman–Crippen MR) is 118 cm³/mol. The first-order valence-electron chi connectivity index (χ1n) is 10.5. The molecule has 5 nitrogen and oxygen atoms in total. The highest BCUT2D eigenvalue weighted by atomic mass is 16.2. The van der Waals surface area contributed by atoms with Gasteiger partial charge in [-0.1, -0.05) is 60.7 Å². The number of para-hydroxylation sites is 1. The van der Waals surface area contributed by atoms with Crippen LogP contribution in [-0.4, -0.2) is 23.9 Å². The SMILES string of the molecule is CC(NC(=O)C1Cc2cccc3c2N1C(=O)C(N)CC3)c1cccc2ccccc12. The molecule has 0 saturated carbocycles. The molecule has 0 spiro atoms. The van der Waals surface area contributed by atoms with E-state index in [-0.39, 0.29) is 17.9 Å². The van der Waals surface area contributed by atoms with E-state index in [1.54, 1.807) is 4.90 Å². The van der Waals surface area contributed by atoms with Crippen LogP contribution < -0.4 is 16.0 Å². The molecule has 0 saturated heterocycles. The number of nitrogens with zero attached hydrogens (tertiary/aromatic N) is 1. The van der Waals surface area contributed by atoms with Crippen LogP contribution in [0.25, 0.3) is 10.8 Å². The molecule has 3 unspecified atom stereocenters. The van der Waals surface area contributed by atoms with E-state index < -0.39 is 12.1 Å². The van der Waals surface area contributed by atoms with Gasteiger partial charge in [0.05, 0.1) is 17.8 Å². The minimum Gasteiger partial charge on any atom is -0.348 e. The number of carbonyl (C=O) groups excluding carboxylic acids is 2. The van der Waals surface area contributed by atoms with Crippen LogP contribution in [0, 0.1) is 0 Å². The Labute approximate surface area is 175 Å². The zero-order valence-corrected chi connectivity index (χ0v) is 17.0. The minimum absolute atomic E-state index is 0.139. The van der Waals surface area contributed by atoms with Crippen molar-refractivity contribution in [3.05, 3.63) is 77.4 Å². The summed E-state index contributed by atoms with van der Waals surface area (Å²) in [6, 6.07) is 19.0. The molecule has 3 aromatic carbocycles. The lowest BCUT2D eigenvalue weighted by Gasteiger charge is -2.27. The molecule has 2 amide bonds. The molecular formula is C25H25N3O2. The molecule has 2 aliphatic heterocycles. The third kappa shape index (κ3) is 2.97. The van der Waals surface area contributed by atoms with E-state index in [1.165, 1.54) is 0 Å². The first-order chi connectivity index (χ1) is 14.5. The lowest BCUT2D eigenvalue weighted by atomic mass is 9.99. The van der Waals surface area contributed by atoms with Crippen molar-refractivity contribution in [2.75, 3.05) is 4.90 Å². The second-order valence-corrected chi connectivity index (χ2v) is 8.30. The summed E-state index contributed by atoms with van der Waals surface area (Å²) in [5, 5.41) is 5.42. The number of carbonyl (C=O) groups is 2. The molecule has 0 bridgehead atoms. The van der Waals surface area contributed by atoms with E-state index in [0.717, 1.165) is 39.6 Å². The van der Waals surface area contributed by atoms with Gasteiger partial charge in [0.2, 0.25) is 11.8 Å². The Balaban J connectivity index is 1.45.